The first kappa shape index (κ1) is 8.57. The van der Waals surface area contributed by atoms with E-state index in [9.17, 15) is 0 Å². The van der Waals surface area contributed by atoms with Crippen LogP contribution in [0.4, 0.5) is 0 Å². The molecule has 0 aromatic carbocycles. The van der Waals surface area contributed by atoms with E-state index in [4.69, 9.17) is 5.41 Å². The Labute approximate surface area is 83.5 Å². The highest BCUT2D eigenvalue weighted by Gasteiger charge is 2.19. The monoisotopic (exact) mass is 189 g/mol. The Morgan fingerprint density at radius 2 is 2.15 bits per heavy atom. The van der Waals surface area contributed by atoms with Crippen LogP contribution in [0.25, 0.3) is 0 Å². The molecule has 2 aliphatic rings. The van der Waals surface area contributed by atoms with Gasteiger partial charge >= 0.3 is 0 Å². The highest BCUT2D eigenvalue weighted by molar-refractivity contribution is 7.84. The number of allylic oxidation sites excluding steroid dienone is 7. The smallest absolute Gasteiger partial charge is 0.0612 e. The first-order valence-electron chi connectivity index (χ1n) is 4.29. The first-order valence-corrected chi connectivity index (χ1v) is 4.74. The number of fused-ring (bicyclic) bond motifs is 1. The molecule has 0 atom stereocenters. The Bertz CT molecular complexity index is 383. The molecule has 2 heteroatoms. The SMILES string of the molecule is C=C1C(=N)C=CC2=C(S)CCC=C12. The van der Waals surface area contributed by atoms with Crippen molar-refractivity contribution in [3.8, 4) is 0 Å². The van der Waals surface area contributed by atoms with E-state index in [1.807, 2.05) is 6.08 Å². The van der Waals surface area contributed by atoms with E-state index >= 15 is 0 Å². The summed E-state index contributed by atoms with van der Waals surface area (Å²) in [6.07, 6.45) is 7.92. The minimum atomic E-state index is 0.512. The van der Waals surface area contributed by atoms with Gasteiger partial charge in [0.15, 0.2) is 0 Å². The Balaban J connectivity index is 2.57. The van der Waals surface area contributed by atoms with Gasteiger partial charge in [-0.3, -0.25) is 0 Å². The second kappa shape index (κ2) is 3.04. The summed E-state index contributed by atoms with van der Waals surface area (Å²) in [5, 5.41) is 7.61. The molecule has 0 aliphatic heterocycles. The van der Waals surface area contributed by atoms with E-state index in [0.29, 0.717) is 5.71 Å². The molecule has 0 aromatic heterocycles. The molecule has 2 aliphatic carbocycles. The summed E-state index contributed by atoms with van der Waals surface area (Å²) in [5.41, 5.74) is 3.58. The van der Waals surface area contributed by atoms with Crippen molar-refractivity contribution >= 4 is 18.3 Å². The van der Waals surface area contributed by atoms with E-state index in [2.05, 4.69) is 25.3 Å². The largest absolute Gasteiger partial charge is 0.300 e. The van der Waals surface area contributed by atoms with E-state index in [1.54, 1.807) is 6.08 Å². The summed E-state index contributed by atoms with van der Waals surface area (Å²) in [6, 6.07) is 0. The van der Waals surface area contributed by atoms with Gasteiger partial charge in [0.1, 0.15) is 0 Å². The summed E-state index contributed by atoms with van der Waals surface area (Å²) >= 11 is 4.43. The van der Waals surface area contributed by atoms with Crippen LogP contribution in [0.2, 0.25) is 0 Å². The summed E-state index contributed by atoms with van der Waals surface area (Å²) in [5.74, 6) is 0. The van der Waals surface area contributed by atoms with Crippen molar-refractivity contribution in [1.29, 1.82) is 5.41 Å². The maximum absolute atomic E-state index is 7.61. The number of nitrogens with one attached hydrogen (secondary N) is 1. The van der Waals surface area contributed by atoms with Gasteiger partial charge in [-0.05, 0) is 40.5 Å². The fourth-order valence-electron chi connectivity index (χ4n) is 1.64. The molecule has 13 heavy (non-hydrogen) atoms. The Morgan fingerprint density at radius 3 is 2.92 bits per heavy atom. The van der Waals surface area contributed by atoms with Gasteiger partial charge in [0.05, 0.1) is 5.71 Å². The highest BCUT2D eigenvalue weighted by atomic mass is 32.1. The zero-order valence-corrected chi connectivity index (χ0v) is 8.20. The number of thiol groups is 1. The highest BCUT2D eigenvalue weighted by Crippen LogP contribution is 2.35. The fraction of sp³-hybridized carbons (Fsp3) is 0.182. The van der Waals surface area contributed by atoms with Gasteiger partial charge < -0.3 is 5.41 Å². The summed E-state index contributed by atoms with van der Waals surface area (Å²) in [6.45, 7) is 3.90. The average molecular weight is 189 g/mol. The van der Waals surface area contributed by atoms with Crippen LogP contribution in [0.15, 0.2) is 46.4 Å². The molecule has 0 saturated carbocycles. The molecule has 0 unspecified atom stereocenters. The molecule has 0 heterocycles. The quantitative estimate of drug-likeness (QED) is 0.547. The predicted octanol–water partition coefficient (Wildman–Crippen LogP) is 3.04. The molecular formula is C11H11NS. The molecule has 2 rings (SSSR count). The number of hydrogen-bond donors (Lipinski definition) is 2. The van der Waals surface area contributed by atoms with Crippen LogP contribution in [0.3, 0.4) is 0 Å². The van der Waals surface area contributed by atoms with Crippen molar-refractivity contribution in [3.05, 3.63) is 46.4 Å². The van der Waals surface area contributed by atoms with Gasteiger partial charge in [0.25, 0.3) is 0 Å². The summed E-state index contributed by atoms with van der Waals surface area (Å²) in [4.78, 5) is 1.11. The van der Waals surface area contributed by atoms with E-state index in [1.165, 1.54) is 0 Å². The van der Waals surface area contributed by atoms with Crippen molar-refractivity contribution in [2.45, 2.75) is 12.8 Å². The van der Waals surface area contributed by atoms with Crippen LogP contribution in [0.1, 0.15) is 12.8 Å². The molecule has 0 fully saturated rings. The number of rotatable bonds is 0. The van der Waals surface area contributed by atoms with Crippen LogP contribution in [-0.4, -0.2) is 5.71 Å². The summed E-state index contributed by atoms with van der Waals surface area (Å²) < 4.78 is 0. The van der Waals surface area contributed by atoms with E-state index in [0.717, 1.165) is 34.5 Å². The minimum absolute atomic E-state index is 0.512. The average Bonchev–Trinajstić information content (AvgIpc) is 2.12. The van der Waals surface area contributed by atoms with Crippen LogP contribution in [-0.2, 0) is 0 Å². The van der Waals surface area contributed by atoms with Crippen LogP contribution < -0.4 is 0 Å². The standard InChI is InChI=1S/C11H11NS/c1-7-8-3-2-4-11(13)9(8)5-6-10(7)12/h3,5-6,12-13H,1-2,4H2. The molecule has 0 amide bonds. The fourth-order valence-corrected chi connectivity index (χ4v) is 1.96. The van der Waals surface area contributed by atoms with Gasteiger partial charge in [-0.2, -0.15) is 0 Å². The molecule has 0 saturated heterocycles. The maximum Gasteiger partial charge on any atom is 0.0612 e. The molecule has 0 bridgehead atoms. The van der Waals surface area contributed by atoms with Crippen LogP contribution >= 0.6 is 12.6 Å². The Hall–Kier alpha value is -1.02. The van der Waals surface area contributed by atoms with Crippen LogP contribution in [0.5, 0.6) is 0 Å². The van der Waals surface area contributed by atoms with Gasteiger partial charge in [0.2, 0.25) is 0 Å². The van der Waals surface area contributed by atoms with Gasteiger partial charge in [-0.15, -0.1) is 12.6 Å². The van der Waals surface area contributed by atoms with Crippen molar-refractivity contribution in [3.63, 3.8) is 0 Å². The predicted molar refractivity (Wildman–Crippen MR) is 59.3 cm³/mol. The molecule has 0 aromatic rings. The number of hydrogen-bond acceptors (Lipinski definition) is 2. The van der Waals surface area contributed by atoms with E-state index < -0.39 is 0 Å². The van der Waals surface area contributed by atoms with Gasteiger partial charge in [0, 0.05) is 0 Å². The molecule has 0 spiro atoms. The zero-order chi connectivity index (χ0) is 9.42. The lowest BCUT2D eigenvalue weighted by Gasteiger charge is -2.22. The third-order valence-corrected chi connectivity index (χ3v) is 2.86. The van der Waals surface area contributed by atoms with Crippen molar-refractivity contribution in [1.82, 2.24) is 0 Å². The van der Waals surface area contributed by atoms with Crippen molar-refractivity contribution in [2.24, 2.45) is 0 Å². The Kier molecular flexibility index (Phi) is 2.00. The topological polar surface area (TPSA) is 23.9 Å². The molecule has 0 radical (unpaired) electrons. The third-order valence-electron chi connectivity index (χ3n) is 2.40. The van der Waals surface area contributed by atoms with Gasteiger partial charge in [-0.1, -0.05) is 18.7 Å². The zero-order valence-electron chi connectivity index (χ0n) is 7.30. The molecular weight excluding hydrogens is 178 g/mol. The van der Waals surface area contributed by atoms with E-state index in [-0.39, 0.29) is 0 Å². The summed E-state index contributed by atoms with van der Waals surface area (Å²) in [7, 11) is 0. The lowest BCUT2D eigenvalue weighted by molar-refractivity contribution is 0.993. The molecule has 66 valence electrons. The first-order chi connectivity index (χ1) is 6.20. The Morgan fingerprint density at radius 1 is 1.38 bits per heavy atom. The lowest BCUT2D eigenvalue weighted by atomic mass is 9.86. The van der Waals surface area contributed by atoms with Gasteiger partial charge in [-0.25, -0.2) is 0 Å². The normalized spacial score (nSPS) is 21.8. The second-order valence-corrected chi connectivity index (χ2v) is 3.78. The molecule has 1 N–H and O–H groups in total. The third kappa shape index (κ3) is 1.31. The maximum atomic E-state index is 7.61. The van der Waals surface area contributed by atoms with Crippen molar-refractivity contribution in [2.75, 3.05) is 0 Å². The second-order valence-electron chi connectivity index (χ2n) is 3.24. The van der Waals surface area contributed by atoms with Crippen molar-refractivity contribution < 1.29 is 0 Å². The lowest BCUT2D eigenvalue weighted by Crippen LogP contribution is -2.09. The minimum Gasteiger partial charge on any atom is -0.300 e. The van der Waals surface area contributed by atoms with Crippen LogP contribution in [0, 0.1) is 5.41 Å². The molecule has 1 nitrogen and oxygen atoms in total.